The van der Waals surface area contributed by atoms with Gasteiger partial charge in [-0.05, 0) is 89.6 Å². The van der Waals surface area contributed by atoms with Crippen molar-refractivity contribution in [3.63, 3.8) is 0 Å². The standard InChI is InChI=1S/C46H51F2N13O6S/c1-8-66-28(4)60-24-30(22-50-60)39-41(67-27(2)3)43-53-44(55-61(43)26-49-39)51-35-14-12-32(21-34(35)47)68(64,65)31-11-9-10-29(20-31)23-58-19-18-57(25-46(58,5)6)36-15-13-33-40(38(36)48)56(7)54-42(33)59-17-16-37(62)52-45(59)63/h9-15,20-22,24,26-28H,8,16-19,23,25H2,1-7H3,(H,51,55)(H,52,62,63). The second-order valence-corrected chi connectivity index (χ2v) is 19.6. The van der Waals surface area contributed by atoms with Gasteiger partial charge >= 0.3 is 6.03 Å². The molecular formula is C46H51F2N13O6S. The monoisotopic (exact) mass is 951 g/mol. The number of imide groups is 1. The number of halogens is 2. The Labute approximate surface area is 390 Å². The van der Waals surface area contributed by atoms with Crippen LogP contribution < -0.4 is 25.2 Å². The largest absolute Gasteiger partial charge is 0.485 e. The predicted molar refractivity (Wildman–Crippen MR) is 249 cm³/mol. The Morgan fingerprint density at radius 1 is 0.985 bits per heavy atom. The van der Waals surface area contributed by atoms with Gasteiger partial charge in [-0.25, -0.2) is 31.7 Å². The molecule has 68 heavy (non-hydrogen) atoms. The van der Waals surface area contributed by atoms with Crippen molar-refractivity contribution < 1.29 is 36.3 Å². The quantitative estimate of drug-likeness (QED) is 0.118. The molecule has 4 aromatic heterocycles. The molecule has 1 unspecified atom stereocenters. The first kappa shape index (κ1) is 46.1. The number of anilines is 4. The van der Waals surface area contributed by atoms with E-state index in [-0.39, 0.29) is 64.0 Å². The Kier molecular flexibility index (Phi) is 12.1. The minimum atomic E-state index is -4.16. The highest BCUT2D eigenvalue weighted by Gasteiger charge is 2.36. The van der Waals surface area contributed by atoms with Gasteiger partial charge in [0.25, 0.3) is 0 Å². The molecule has 356 valence electrons. The molecule has 19 nitrogen and oxygen atoms in total. The Balaban J connectivity index is 0.890. The molecule has 2 fully saturated rings. The maximum absolute atomic E-state index is 16.4. The van der Waals surface area contributed by atoms with E-state index < -0.39 is 33.0 Å². The van der Waals surface area contributed by atoms with Gasteiger partial charge < -0.3 is 19.7 Å². The Morgan fingerprint density at radius 3 is 2.51 bits per heavy atom. The van der Waals surface area contributed by atoms with Crippen molar-refractivity contribution >= 4 is 61.5 Å². The fourth-order valence-corrected chi connectivity index (χ4v) is 10.0. The first-order chi connectivity index (χ1) is 32.4. The first-order valence-corrected chi connectivity index (χ1v) is 23.7. The fraction of sp³-hybridized carbons (Fsp3) is 0.370. The Morgan fingerprint density at radius 2 is 1.78 bits per heavy atom. The highest BCUT2D eigenvalue weighted by molar-refractivity contribution is 7.91. The summed E-state index contributed by atoms with van der Waals surface area (Å²) in [5, 5.41) is 18.9. The molecule has 1 atom stereocenters. The van der Waals surface area contributed by atoms with Crippen molar-refractivity contribution in [1.82, 2.24) is 49.4 Å². The van der Waals surface area contributed by atoms with Crippen LogP contribution in [-0.2, 0) is 33.0 Å². The molecule has 3 aromatic carbocycles. The number of aryl methyl sites for hydroxylation is 1. The molecule has 2 saturated heterocycles. The molecular weight excluding hydrogens is 901 g/mol. The smallest absolute Gasteiger partial charge is 0.329 e. The number of nitrogens with zero attached hydrogens (tertiary/aromatic N) is 11. The molecule has 2 aliphatic rings. The van der Waals surface area contributed by atoms with E-state index in [0.29, 0.717) is 66.5 Å². The van der Waals surface area contributed by atoms with Crippen LogP contribution in [0.1, 0.15) is 59.8 Å². The van der Waals surface area contributed by atoms with Crippen molar-refractivity contribution in [2.75, 3.05) is 47.9 Å². The van der Waals surface area contributed by atoms with Gasteiger partial charge in [-0.1, -0.05) is 12.1 Å². The van der Waals surface area contributed by atoms with Gasteiger partial charge in [0.15, 0.2) is 17.4 Å². The normalized spacial score (nSPS) is 16.3. The van der Waals surface area contributed by atoms with Crippen molar-refractivity contribution in [1.29, 1.82) is 0 Å². The Bertz CT molecular complexity index is 3210. The topological polar surface area (TPSA) is 199 Å². The van der Waals surface area contributed by atoms with Crippen LogP contribution in [0.15, 0.2) is 83.1 Å². The molecule has 0 saturated carbocycles. The summed E-state index contributed by atoms with van der Waals surface area (Å²) in [7, 11) is -2.55. The highest BCUT2D eigenvalue weighted by Crippen LogP contribution is 2.37. The first-order valence-electron chi connectivity index (χ1n) is 22.2. The number of hydrogen-bond donors (Lipinski definition) is 2. The summed E-state index contributed by atoms with van der Waals surface area (Å²) >= 11 is 0. The molecule has 7 aromatic rings. The SMILES string of the molecule is CCOC(C)n1cc(-c2ncn3nc(Nc4ccc(S(=O)(=O)c5cccc(CN6CCN(c7ccc8c(N9CCC(=O)NC9=O)nn(C)c8c7F)CC6(C)C)c5)cc4F)nc3c2OC(C)C)cn1. The number of nitrogens with one attached hydrogen (secondary N) is 2. The van der Waals surface area contributed by atoms with Crippen LogP contribution in [-0.4, -0.2) is 109 Å². The summed E-state index contributed by atoms with van der Waals surface area (Å²) < 4.78 is 76.6. The van der Waals surface area contributed by atoms with E-state index in [9.17, 15) is 18.0 Å². The van der Waals surface area contributed by atoms with Crippen molar-refractivity contribution in [3.05, 3.63) is 90.5 Å². The zero-order valence-electron chi connectivity index (χ0n) is 38.6. The fourth-order valence-electron chi connectivity index (χ4n) is 8.66. The number of carbonyl (C=O) groups excluding carboxylic acids is 2. The van der Waals surface area contributed by atoms with Gasteiger partial charge in [0.05, 0.1) is 33.5 Å². The van der Waals surface area contributed by atoms with Crippen LogP contribution in [0.4, 0.5) is 36.7 Å². The number of fused-ring (bicyclic) bond motifs is 2. The second kappa shape index (κ2) is 17.9. The molecule has 9 rings (SSSR count). The van der Waals surface area contributed by atoms with E-state index >= 15 is 8.78 Å². The number of sulfone groups is 1. The third-order valence-electron chi connectivity index (χ3n) is 12.1. The molecule has 2 aliphatic heterocycles. The summed E-state index contributed by atoms with van der Waals surface area (Å²) in [4.78, 5) is 38.8. The molecule has 0 bridgehead atoms. The number of hydrogen-bond acceptors (Lipinski definition) is 14. The lowest BCUT2D eigenvalue weighted by atomic mass is 9.97. The van der Waals surface area contributed by atoms with E-state index in [4.69, 9.17) is 9.47 Å². The van der Waals surface area contributed by atoms with E-state index in [2.05, 4.69) is 40.8 Å². The van der Waals surface area contributed by atoms with Crippen LogP contribution >= 0.6 is 0 Å². The van der Waals surface area contributed by atoms with Gasteiger partial charge in [0.1, 0.15) is 29.6 Å². The number of urea groups is 1. The van der Waals surface area contributed by atoms with Crippen molar-refractivity contribution in [2.45, 2.75) is 82.2 Å². The molecule has 0 spiro atoms. The minimum absolute atomic E-state index is 0.00648. The lowest BCUT2D eigenvalue weighted by Crippen LogP contribution is -2.59. The molecule has 3 amide bonds. The summed E-state index contributed by atoms with van der Waals surface area (Å²) in [6.45, 7) is 14.1. The molecule has 0 aliphatic carbocycles. The van der Waals surface area contributed by atoms with E-state index in [1.807, 2.05) is 52.5 Å². The number of rotatable bonds is 14. The van der Waals surface area contributed by atoms with Gasteiger partial charge in [-0.3, -0.25) is 24.6 Å². The average molecular weight is 952 g/mol. The van der Waals surface area contributed by atoms with Gasteiger partial charge in [-0.2, -0.15) is 19.7 Å². The van der Waals surface area contributed by atoms with Gasteiger partial charge in [-0.15, -0.1) is 5.10 Å². The van der Waals surface area contributed by atoms with Gasteiger partial charge in [0.2, 0.25) is 27.3 Å². The number of benzene rings is 3. The highest BCUT2D eigenvalue weighted by atomic mass is 32.2. The van der Waals surface area contributed by atoms with Crippen LogP contribution in [0.5, 0.6) is 5.75 Å². The lowest BCUT2D eigenvalue weighted by Gasteiger charge is -2.48. The lowest BCUT2D eigenvalue weighted by molar-refractivity contribution is -0.120. The summed E-state index contributed by atoms with van der Waals surface area (Å²) in [6, 6.07) is 13.0. The van der Waals surface area contributed by atoms with E-state index in [0.717, 1.165) is 11.6 Å². The van der Waals surface area contributed by atoms with Crippen LogP contribution in [0.2, 0.25) is 0 Å². The summed E-state index contributed by atoms with van der Waals surface area (Å²) in [5.41, 5.74) is 2.30. The maximum atomic E-state index is 16.4. The maximum Gasteiger partial charge on any atom is 0.329 e. The van der Waals surface area contributed by atoms with Crippen LogP contribution in [0.3, 0.4) is 0 Å². The summed E-state index contributed by atoms with van der Waals surface area (Å²) in [5.74, 6) is -1.03. The number of amides is 3. The average Bonchev–Trinajstić information content (AvgIpc) is 4.03. The number of aromatic nitrogens is 8. The van der Waals surface area contributed by atoms with E-state index in [1.165, 1.54) is 38.6 Å². The zero-order valence-corrected chi connectivity index (χ0v) is 39.4. The number of ether oxygens (including phenoxy) is 2. The van der Waals surface area contributed by atoms with Crippen LogP contribution in [0, 0.1) is 11.6 Å². The number of carbonyl (C=O) groups is 2. The second-order valence-electron chi connectivity index (χ2n) is 17.6. The van der Waals surface area contributed by atoms with E-state index in [1.54, 1.807) is 48.4 Å². The molecule has 2 N–H and O–H groups in total. The van der Waals surface area contributed by atoms with Crippen molar-refractivity contribution in [3.8, 4) is 17.0 Å². The third kappa shape index (κ3) is 8.69. The number of piperazine rings is 1. The zero-order chi connectivity index (χ0) is 48.2. The molecule has 22 heteroatoms. The van der Waals surface area contributed by atoms with Crippen molar-refractivity contribution in [2.24, 2.45) is 7.05 Å². The van der Waals surface area contributed by atoms with Gasteiger partial charge in [0, 0.05) is 75.5 Å². The molecule has 6 heterocycles. The third-order valence-corrected chi connectivity index (χ3v) is 13.8. The van der Waals surface area contributed by atoms with Crippen LogP contribution in [0.25, 0.3) is 27.8 Å². The predicted octanol–water partition coefficient (Wildman–Crippen LogP) is 6.62. The molecule has 0 radical (unpaired) electrons. The Hall–Kier alpha value is -7.04. The minimum Gasteiger partial charge on any atom is -0.485 e. The summed E-state index contributed by atoms with van der Waals surface area (Å²) in [6.07, 6.45) is 4.49.